The van der Waals surface area contributed by atoms with Gasteiger partial charge in [-0.3, -0.25) is 4.79 Å². The van der Waals surface area contributed by atoms with Crippen LogP contribution in [-0.4, -0.2) is 17.1 Å². The Morgan fingerprint density at radius 2 is 1.96 bits per heavy atom. The third-order valence-electron chi connectivity index (χ3n) is 4.06. The number of amides is 1. The van der Waals surface area contributed by atoms with Crippen LogP contribution in [0, 0.1) is 5.82 Å². The van der Waals surface area contributed by atoms with E-state index in [1.165, 1.54) is 12.1 Å². The van der Waals surface area contributed by atoms with Gasteiger partial charge < -0.3 is 9.84 Å². The monoisotopic (exact) mass is 372 g/mol. The fraction of sp³-hybridized carbons (Fsp3) is 0.200. The van der Waals surface area contributed by atoms with Crippen molar-refractivity contribution < 1.29 is 13.7 Å². The van der Waals surface area contributed by atoms with Gasteiger partial charge >= 0.3 is 0 Å². The number of aromatic nitrogens is 1. The van der Waals surface area contributed by atoms with Crippen LogP contribution < -0.4 is 5.32 Å². The molecule has 0 saturated heterocycles. The van der Waals surface area contributed by atoms with E-state index in [9.17, 15) is 9.18 Å². The van der Waals surface area contributed by atoms with E-state index in [0.717, 1.165) is 23.4 Å². The summed E-state index contributed by atoms with van der Waals surface area (Å²) in [4.78, 5) is 12.3. The lowest BCUT2D eigenvalue weighted by molar-refractivity contribution is 0.0901. The summed E-state index contributed by atoms with van der Waals surface area (Å²) in [6.07, 6.45) is 1.51. The van der Waals surface area contributed by atoms with Crippen LogP contribution in [-0.2, 0) is 6.42 Å². The molecular formula is C20H18ClFN2O2. The molecule has 0 spiro atoms. The number of halogens is 2. The molecule has 0 bridgehead atoms. The average Bonchev–Trinajstić information content (AvgIpc) is 3.12. The summed E-state index contributed by atoms with van der Waals surface area (Å²) in [6, 6.07) is 15.0. The summed E-state index contributed by atoms with van der Waals surface area (Å²) < 4.78 is 18.1. The Bertz CT molecular complexity index is 893. The molecule has 1 heterocycles. The van der Waals surface area contributed by atoms with Crippen LogP contribution in [0.25, 0.3) is 11.3 Å². The first-order valence-corrected chi connectivity index (χ1v) is 8.67. The number of nitrogens with zero attached hydrogens (tertiary/aromatic N) is 1. The second-order valence-electron chi connectivity index (χ2n) is 6.09. The smallest absolute Gasteiger partial charge is 0.290 e. The van der Waals surface area contributed by atoms with Crippen molar-refractivity contribution in [1.82, 2.24) is 10.5 Å². The summed E-state index contributed by atoms with van der Waals surface area (Å²) in [5.74, 6) is -0.547. The molecule has 6 heteroatoms. The van der Waals surface area contributed by atoms with Crippen molar-refractivity contribution in [2.45, 2.75) is 25.8 Å². The van der Waals surface area contributed by atoms with Crippen LogP contribution in [0.15, 0.2) is 59.1 Å². The van der Waals surface area contributed by atoms with E-state index in [0.29, 0.717) is 11.3 Å². The van der Waals surface area contributed by atoms with Crippen molar-refractivity contribution in [3.05, 3.63) is 76.8 Å². The third kappa shape index (κ3) is 4.49. The van der Waals surface area contributed by atoms with E-state index in [-0.39, 0.29) is 23.5 Å². The Morgan fingerprint density at radius 3 is 2.69 bits per heavy atom. The standard InChI is InChI=1S/C20H18ClFN2O2/c1-13(6-7-14-4-2-3-5-17(14)21)23-20(25)19-12-18(24-26-19)15-8-10-16(22)11-9-15/h2-5,8-13H,6-7H2,1H3,(H,23,25). The number of rotatable bonds is 6. The van der Waals surface area contributed by atoms with E-state index in [2.05, 4.69) is 10.5 Å². The number of carbonyl (C=O) groups is 1. The largest absolute Gasteiger partial charge is 0.350 e. The van der Waals surface area contributed by atoms with Crippen LogP contribution in [0.1, 0.15) is 29.5 Å². The number of hydrogen-bond acceptors (Lipinski definition) is 3. The molecule has 1 atom stereocenters. The summed E-state index contributed by atoms with van der Waals surface area (Å²) in [5, 5.41) is 7.48. The third-order valence-corrected chi connectivity index (χ3v) is 4.42. The van der Waals surface area contributed by atoms with E-state index in [1.54, 1.807) is 18.2 Å². The fourth-order valence-corrected chi connectivity index (χ4v) is 2.81. The van der Waals surface area contributed by atoms with Gasteiger partial charge in [-0.2, -0.15) is 0 Å². The minimum absolute atomic E-state index is 0.0573. The molecule has 1 aromatic heterocycles. The Hall–Kier alpha value is -2.66. The maximum Gasteiger partial charge on any atom is 0.290 e. The van der Waals surface area contributed by atoms with Crippen LogP contribution >= 0.6 is 11.6 Å². The highest BCUT2D eigenvalue weighted by atomic mass is 35.5. The van der Waals surface area contributed by atoms with E-state index in [1.807, 2.05) is 31.2 Å². The quantitative estimate of drug-likeness (QED) is 0.670. The van der Waals surface area contributed by atoms with Gasteiger partial charge in [-0.1, -0.05) is 35.0 Å². The number of nitrogens with one attached hydrogen (secondary N) is 1. The molecule has 0 aliphatic heterocycles. The zero-order valence-corrected chi connectivity index (χ0v) is 15.0. The van der Waals surface area contributed by atoms with Gasteiger partial charge in [0.05, 0.1) is 0 Å². The predicted molar refractivity (Wildman–Crippen MR) is 98.6 cm³/mol. The van der Waals surface area contributed by atoms with Gasteiger partial charge in [-0.25, -0.2) is 4.39 Å². The zero-order valence-electron chi connectivity index (χ0n) is 14.2. The van der Waals surface area contributed by atoms with E-state index in [4.69, 9.17) is 16.1 Å². The first-order valence-electron chi connectivity index (χ1n) is 8.30. The Morgan fingerprint density at radius 1 is 1.23 bits per heavy atom. The molecule has 1 amide bonds. The minimum Gasteiger partial charge on any atom is -0.350 e. The molecule has 26 heavy (non-hydrogen) atoms. The van der Waals surface area contributed by atoms with E-state index < -0.39 is 0 Å². The van der Waals surface area contributed by atoms with Crippen molar-refractivity contribution in [1.29, 1.82) is 0 Å². The topological polar surface area (TPSA) is 55.1 Å². The maximum atomic E-state index is 13.0. The van der Waals surface area contributed by atoms with Crippen LogP contribution in [0.4, 0.5) is 4.39 Å². The Labute approximate surface area is 156 Å². The molecule has 1 unspecified atom stereocenters. The first kappa shape index (κ1) is 18.1. The van der Waals surface area contributed by atoms with Gasteiger partial charge in [-0.15, -0.1) is 0 Å². The number of aryl methyl sites for hydroxylation is 1. The van der Waals surface area contributed by atoms with Crippen molar-refractivity contribution in [3.8, 4) is 11.3 Å². The molecule has 3 rings (SSSR count). The molecule has 2 aromatic carbocycles. The van der Waals surface area contributed by atoms with Crippen molar-refractivity contribution in [2.75, 3.05) is 0 Å². The molecule has 0 aliphatic carbocycles. The van der Waals surface area contributed by atoms with Gasteiger partial charge in [0.2, 0.25) is 5.76 Å². The second-order valence-corrected chi connectivity index (χ2v) is 6.50. The number of hydrogen-bond donors (Lipinski definition) is 1. The number of benzene rings is 2. The molecule has 3 aromatic rings. The van der Waals surface area contributed by atoms with Crippen molar-refractivity contribution >= 4 is 17.5 Å². The van der Waals surface area contributed by atoms with Crippen molar-refractivity contribution in [3.63, 3.8) is 0 Å². The second kappa shape index (κ2) is 8.15. The molecule has 1 N–H and O–H groups in total. The molecule has 0 radical (unpaired) electrons. The SMILES string of the molecule is CC(CCc1ccccc1Cl)NC(=O)c1cc(-c2ccc(F)cc2)no1. The molecule has 0 saturated carbocycles. The lowest BCUT2D eigenvalue weighted by Crippen LogP contribution is -2.32. The lowest BCUT2D eigenvalue weighted by Gasteiger charge is -2.13. The summed E-state index contributed by atoms with van der Waals surface area (Å²) in [6.45, 7) is 1.92. The van der Waals surface area contributed by atoms with Gasteiger partial charge in [0, 0.05) is 22.7 Å². The average molecular weight is 373 g/mol. The van der Waals surface area contributed by atoms with Gasteiger partial charge in [0.15, 0.2) is 0 Å². The molecule has 4 nitrogen and oxygen atoms in total. The predicted octanol–water partition coefficient (Wildman–Crippen LogP) is 4.89. The fourth-order valence-electron chi connectivity index (χ4n) is 2.58. The lowest BCUT2D eigenvalue weighted by atomic mass is 10.1. The minimum atomic E-state index is -0.336. The Balaban J connectivity index is 1.58. The summed E-state index contributed by atoms with van der Waals surface area (Å²) in [5.41, 5.74) is 2.22. The summed E-state index contributed by atoms with van der Waals surface area (Å²) >= 11 is 6.15. The molecule has 0 fully saturated rings. The maximum absolute atomic E-state index is 13.0. The Kier molecular flexibility index (Phi) is 5.68. The van der Waals surface area contributed by atoms with Crippen LogP contribution in [0.3, 0.4) is 0 Å². The highest BCUT2D eigenvalue weighted by Crippen LogP contribution is 2.20. The van der Waals surface area contributed by atoms with Gasteiger partial charge in [0.25, 0.3) is 5.91 Å². The molecule has 134 valence electrons. The van der Waals surface area contributed by atoms with Gasteiger partial charge in [-0.05, 0) is 55.7 Å². The van der Waals surface area contributed by atoms with E-state index >= 15 is 0 Å². The zero-order chi connectivity index (χ0) is 18.5. The van der Waals surface area contributed by atoms with Crippen molar-refractivity contribution in [2.24, 2.45) is 0 Å². The van der Waals surface area contributed by atoms with Crippen LogP contribution in [0.2, 0.25) is 5.02 Å². The van der Waals surface area contributed by atoms with Gasteiger partial charge in [0.1, 0.15) is 11.5 Å². The normalized spacial score (nSPS) is 12.0. The highest BCUT2D eigenvalue weighted by molar-refractivity contribution is 6.31. The van der Waals surface area contributed by atoms with Crippen LogP contribution in [0.5, 0.6) is 0 Å². The molecule has 0 aliphatic rings. The first-order chi connectivity index (χ1) is 12.5. The number of carbonyl (C=O) groups excluding carboxylic acids is 1. The summed E-state index contributed by atoms with van der Waals surface area (Å²) in [7, 11) is 0. The highest BCUT2D eigenvalue weighted by Gasteiger charge is 2.16. The molecular weight excluding hydrogens is 355 g/mol.